The fraction of sp³-hybridized carbons (Fsp3) is 1.00. The van der Waals surface area contributed by atoms with Crippen LogP contribution >= 0.6 is 8.25 Å². The van der Waals surface area contributed by atoms with E-state index in [4.69, 9.17) is 28.6 Å². The molecule has 18 nitrogen and oxygen atoms in total. The summed E-state index contributed by atoms with van der Waals surface area (Å²) in [6.45, 7) is -2.12. The Morgan fingerprint density at radius 3 is 1.80 bits per heavy atom. The minimum absolute atomic E-state index is 0. The van der Waals surface area contributed by atoms with Crippen molar-refractivity contribution in [3.8, 4) is 0 Å². The molecule has 0 amide bonds. The number of aliphatic hydroxyl groups excluding tert-OH is 10. The summed E-state index contributed by atoms with van der Waals surface area (Å²) >= 11 is 0. The van der Waals surface area contributed by atoms with Gasteiger partial charge in [-0.25, -0.2) is 0 Å². The van der Waals surface area contributed by atoms with E-state index in [1.807, 2.05) is 0 Å². The molecule has 41 heavy (non-hydrogen) atoms. The van der Waals surface area contributed by atoms with E-state index in [2.05, 4.69) is 4.52 Å². The van der Waals surface area contributed by atoms with Gasteiger partial charge in [-0.15, -0.1) is 9.42 Å². The zero-order chi connectivity index (χ0) is 29.7. The second-order valence-electron chi connectivity index (χ2n) is 9.74. The van der Waals surface area contributed by atoms with Crippen LogP contribution < -0.4 is 29.6 Å². The molecule has 0 aromatic rings. The van der Waals surface area contributed by atoms with Gasteiger partial charge in [-0.2, -0.15) is 0 Å². The fourth-order valence-corrected chi connectivity index (χ4v) is 4.99. The number of rotatable bonds is 12. The summed E-state index contributed by atoms with van der Waals surface area (Å²) in [6.07, 6.45) is -22.6. The van der Waals surface area contributed by atoms with Gasteiger partial charge in [0.1, 0.15) is 79.9 Å². The van der Waals surface area contributed by atoms with Crippen molar-refractivity contribution in [1.82, 2.24) is 0 Å². The third-order valence-corrected chi connectivity index (χ3v) is 7.41. The Balaban J connectivity index is 0.00000441. The van der Waals surface area contributed by atoms with Crippen molar-refractivity contribution in [3.63, 3.8) is 0 Å². The second kappa shape index (κ2) is 17.2. The first kappa shape index (κ1) is 37.6. The molecule has 3 rings (SSSR count). The minimum atomic E-state index is -2.98. The minimum Gasteiger partial charge on any atom is -1.00 e. The molecule has 0 aromatic carbocycles. The summed E-state index contributed by atoms with van der Waals surface area (Å²) < 4.78 is 42.4. The molecule has 0 spiro atoms. The molecule has 16 unspecified atom stereocenters. The van der Waals surface area contributed by atoms with Crippen LogP contribution in [0.25, 0.3) is 0 Å². The molecule has 3 fully saturated rings. The van der Waals surface area contributed by atoms with Gasteiger partial charge in [-0.3, -0.25) is 0 Å². The molecule has 0 bridgehead atoms. The molecule has 16 atom stereocenters. The maximum atomic E-state index is 10.8. The van der Waals surface area contributed by atoms with Crippen LogP contribution in [0, 0.1) is 0 Å². The maximum Gasteiger partial charge on any atom is 1.00 e. The summed E-state index contributed by atoms with van der Waals surface area (Å²) in [5.41, 5.74) is 0. The van der Waals surface area contributed by atoms with Crippen LogP contribution in [-0.2, 0) is 32.8 Å². The fourth-order valence-electron chi connectivity index (χ4n) is 4.72. The zero-order valence-corrected chi connectivity index (χ0v) is 25.0. The van der Waals surface area contributed by atoms with Gasteiger partial charge < -0.3 is 76.2 Å². The third kappa shape index (κ3) is 9.23. The van der Waals surface area contributed by atoms with Crippen molar-refractivity contribution in [2.24, 2.45) is 0 Å². The average Bonchev–Trinajstić information content (AvgIpc) is 2.93. The number of aliphatic hydroxyl groups is 10. The van der Waals surface area contributed by atoms with Gasteiger partial charge in [0.15, 0.2) is 12.6 Å². The van der Waals surface area contributed by atoms with Gasteiger partial charge >= 0.3 is 37.8 Å². The molecule has 20 heteroatoms. The number of hydrogen-bond acceptors (Lipinski definition) is 17. The van der Waals surface area contributed by atoms with E-state index in [1.165, 1.54) is 0 Å². The Kier molecular flexibility index (Phi) is 15.8. The average molecular weight is 633 g/mol. The number of ether oxygens (including phenoxy) is 5. The van der Waals surface area contributed by atoms with E-state index in [0.29, 0.717) is 0 Å². The molecule has 0 aromatic heterocycles. The predicted molar refractivity (Wildman–Crippen MR) is 125 cm³/mol. The van der Waals surface area contributed by atoms with Gasteiger partial charge in [0.05, 0.1) is 19.3 Å². The summed E-state index contributed by atoms with van der Waals surface area (Å²) in [5, 5.41) is 101. The van der Waals surface area contributed by atoms with E-state index in [0.717, 1.165) is 0 Å². The van der Waals surface area contributed by atoms with Crippen LogP contribution in [0.15, 0.2) is 0 Å². The largest absolute Gasteiger partial charge is 1.00 e. The molecule has 3 aliphatic heterocycles. The predicted octanol–water partition coefficient (Wildman–Crippen LogP) is -8.96. The van der Waals surface area contributed by atoms with Crippen molar-refractivity contribution < 1.29 is 120 Å². The van der Waals surface area contributed by atoms with Gasteiger partial charge in [0.2, 0.25) is 0 Å². The molecule has 3 heterocycles. The summed E-state index contributed by atoms with van der Waals surface area (Å²) in [7, 11) is -2.98. The van der Waals surface area contributed by atoms with Crippen LogP contribution in [0.2, 0.25) is 0 Å². The van der Waals surface area contributed by atoms with E-state index in [1.54, 1.807) is 0 Å². The Hall–Kier alpha value is 0.420. The van der Waals surface area contributed by atoms with Gasteiger partial charge in [0, 0.05) is 11.2 Å². The van der Waals surface area contributed by atoms with E-state index in [-0.39, 0.29) is 50.4 Å². The van der Waals surface area contributed by atoms with Crippen LogP contribution in [0.4, 0.5) is 0 Å². The molecule has 0 radical (unpaired) electrons. The van der Waals surface area contributed by atoms with Crippen LogP contribution in [0.1, 0.15) is 14.3 Å². The topological polar surface area (TPSA) is 295 Å². The van der Waals surface area contributed by atoms with Crippen molar-refractivity contribution in [2.45, 2.75) is 105 Å². The Morgan fingerprint density at radius 2 is 1.20 bits per heavy atom. The van der Waals surface area contributed by atoms with E-state index >= 15 is 0 Å². The zero-order valence-electron chi connectivity index (χ0n) is 23.1. The second-order valence-corrected chi connectivity index (χ2v) is 10.5. The third-order valence-electron chi connectivity index (χ3n) is 7.04. The van der Waals surface area contributed by atoms with E-state index < -0.39 is 120 Å². The molecule has 3 aliphatic rings. The van der Waals surface area contributed by atoms with Crippen molar-refractivity contribution >= 4 is 8.25 Å². The molecule has 3 saturated heterocycles. The molecule has 236 valence electrons. The van der Waals surface area contributed by atoms with Crippen molar-refractivity contribution in [1.29, 1.82) is 0 Å². The van der Waals surface area contributed by atoms with Crippen LogP contribution in [0.5, 0.6) is 0 Å². The van der Waals surface area contributed by atoms with Gasteiger partial charge in [-0.1, -0.05) is 0 Å². The first-order chi connectivity index (χ1) is 18.9. The first-order valence-corrected chi connectivity index (χ1v) is 13.7. The summed E-state index contributed by atoms with van der Waals surface area (Å²) in [4.78, 5) is 8.78. The molecule has 0 aliphatic carbocycles. The monoisotopic (exact) mass is 633 g/mol. The normalized spacial score (nSPS) is 45.6. The van der Waals surface area contributed by atoms with Crippen LogP contribution in [0.3, 0.4) is 0 Å². The van der Waals surface area contributed by atoms with Gasteiger partial charge in [-0.05, 0) is 12.8 Å². The first-order valence-electron chi connectivity index (χ1n) is 12.6. The summed E-state index contributed by atoms with van der Waals surface area (Å²) in [6, 6.07) is 0. The molecule has 11 N–H and O–H groups in total. The Labute approximate surface area is 258 Å². The molecular formula is C21H39NaO18P+. The number of hydrogen-bond donors (Lipinski definition) is 11. The standard InChI is InChI=1S/C21H37O18P.Na.H/c22-4-8-12(25)15(28)17(30)21(37-8)39-19-9(5-23)38-20(18(31)16(19)29)34-3-1-2-7-11(24)14(27)13(26)10(36-7)6-35-40(32)33;;/h7-31H,1-6H2;;/q;+1;-1/p+1. The molecule has 0 saturated carbocycles. The maximum absolute atomic E-state index is 10.8. The SMILES string of the molecule is O=[P+](O)OCC1OC(CCCOC2OC(CO)C(OC3OC(CO)C(O)C(O)C3O)C(O)C2O)C(O)C(O)C1O.[H-].[Na+]. The summed E-state index contributed by atoms with van der Waals surface area (Å²) in [5.74, 6) is 0. The van der Waals surface area contributed by atoms with Crippen LogP contribution in [-0.4, -0.2) is 174 Å². The van der Waals surface area contributed by atoms with E-state index in [9.17, 15) is 55.6 Å². The van der Waals surface area contributed by atoms with Crippen molar-refractivity contribution in [2.75, 3.05) is 26.4 Å². The van der Waals surface area contributed by atoms with Gasteiger partial charge in [0.25, 0.3) is 0 Å². The smallest absolute Gasteiger partial charge is 1.00 e. The van der Waals surface area contributed by atoms with Crippen molar-refractivity contribution in [3.05, 3.63) is 0 Å². The Morgan fingerprint density at radius 1 is 0.659 bits per heavy atom. The quantitative estimate of drug-likeness (QED) is 0.0540. The Bertz CT molecular complexity index is 804. The molecular weight excluding hydrogens is 594 g/mol.